The molecule has 0 spiro atoms. The molecule has 1 amide bonds. The molecule has 24 heavy (non-hydrogen) atoms. The molecule has 1 aromatic heterocycles. The van der Waals surface area contributed by atoms with Gasteiger partial charge in [0, 0.05) is 18.5 Å². The van der Waals surface area contributed by atoms with E-state index in [1.165, 1.54) is 44.9 Å². The van der Waals surface area contributed by atoms with Crippen LogP contribution in [0.2, 0.25) is 0 Å². The van der Waals surface area contributed by atoms with Crippen molar-refractivity contribution >= 4 is 11.7 Å². The van der Waals surface area contributed by atoms with E-state index in [0.29, 0.717) is 18.8 Å². The summed E-state index contributed by atoms with van der Waals surface area (Å²) < 4.78 is 0. The van der Waals surface area contributed by atoms with Crippen LogP contribution in [0.4, 0.5) is 5.82 Å². The molecular weight excluding hydrogens is 300 g/mol. The molecule has 0 atom stereocenters. The third kappa shape index (κ3) is 2.83. The van der Waals surface area contributed by atoms with Crippen molar-refractivity contribution in [3.63, 3.8) is 0 Å². The number of carbonyl (C=O) groups is 1. The molecule has 5 rings (SSSR count). The Morgan fingerprint density at radius 1 is 1.21 bits per heavy atom. The van der Waals surface area contributed by atoms with Crippen LogP contribution in [0.3, 0.4) is 0 Å². The van der Waals surface area contributed by atoms with Gasteiger partial charge >= 0.3 is 0 Å². The highest BCUT2D eigenvalue weighted by Gasteiger charge is 2.51. The lowest BCUT2D eigenvalue weighted by molar-refractivity contribution is -0.124. The van der Waals surface area contributed by atoms with Crippen LogP contribution in [0.5, 0.6) is 0 Å². The summed E-state index contributed by atoms with van der Waals surface area (Å²) in [5, 5.41) is 3.07. The van der Waals surface area contributed by atoms with E-state index in [0.717, 1.165) is 35.4 Å². The molecular formula is C19H28N4O. The second-order valence-electron chi connectivity index (χ2n) is 8.35. The van der Waals surface area contributed by atoms with Crippen molar-refractivity contribution in [3.05, 3.63) is 17.6 Å². The maximum Gasteiger partial charge on any atom is 0.226 e. The van der Waals surface area contributed by atoms with Crippen molar-refractivity contribution < 1.29 is 4.79 Å². The Morgan fingerprint density at radius 3 is 2.38 bits per heavy atom. The molecule has 0 unspecified atom stereocenters. The number of anilines is 1. The summed E-state index contributed by atoms with van der Waals surface area (Å²) in [6.45, 7) is 2.43. The molecule has 130 valence electrons. The monoisotopic (exact) mass is 328 g/mol. The Kier molecular flexibility index (Phi) is 4.07. The minimum absolute atomic E-state index is 0.119. The third-order valence-corrected chi connectivity index (χ3v) is 6.54. The topological polar surface area (TPSA) is 80.9 Å². The molecule has 4 saturated carbocycles. The number of amides is 1. The van der Waals surface area contributed by atoms with Crippen LogP contribution in [0.15, 0.2) is 6.33 Å². The van der Waals surface area contributed by atoms with Crippen molar-refractivity contribution in [2.45, 2.75) is 64.8 Å². The first kappa shape index (κ1) is 16.0. The van der Waals surface area contributed by atoms with E-state index in [2.05, 4.69) is 15.3 Å². The van der Waals surface area contributed by atoms with Crippen LogP contribution >= 0.6 is 0 Å². The van der Waals surface area contributed by atoms with E-state index in [1.807, 2.05) is 6.92 Å². The molecule has 0 saturated heterocycles. The lowest BCUT2D eigenvalue weighted by Gasteiger charge is -2.56. The zero-order chi connectivity index (χ0) is 16.7. The minimum Gasteiger partial charge on any atom is -0.325 e. The minimum atomic E-state index is 0.119. The van der Waals surface area contributed by atoms with Crippen molar-refractivity contribution in [3.8, 4) is 0 Å². The summed E-state index contributed by atoms with van der Waals surface area (Å²) in [4.78, 5) is 21.3. The molecule has 0 aromatic carbocycles. The molecule has 0 radical (unpaired) electrons. The molecule has 4 bridgehead atoms. The molecule has 1 aromatic rings. The smallest absolute Gasteiger partial charge is 0.226 e. The van der Waals surface area contributed by atoms with Gasteiger partial charge in [-0.15, -0.1) is 0 Å². The quantitative estimate of drug-likeness (QED) is 0.870. The first-order valence-electron chi connectivity index (χ1n) is 9.43. The molecule has 4 aliphatic rings. The molecule has 3 N–H and O–H groups in total. The number of carbonyl (C=O) groups excluding carboxylic acids is 1. The van der Waals surface area contributed by atoms with Gasteiger partial charge in [0.05, 0.1) is 5.69 Å². The predicted octanol–water partition coefficient (Wildman–Crippen LogP) is 3.04. The van der Waals surface area contributed by atoms with Crippen LogP contribution in [0, 0.1) is 23.2 Å². The van der Waals surface area contributed by atoms with Gasteiger partial charge in [-0.25, -0.2) is 9.97 Å². The number of hydrogen-bond donors (Lipinski definition) is 2. The maximum absolute atomic E-state index is 12.8. The molecule has 5 nitrogen and oxygen atoms in total. The van der Waals surface area contributed by atoms with Crippen molar-refractivity contribution in [2.75, 3.05) is 5.32 Å². The highest BCUT2D eigenvalue weighted by molar-refractivity contribution is 5.91. The summed E-state index contributed by atoms with van der Waals surface area (Å²) >= 11 is 0. The van der Waals surface area contributed by atoms with Gasteiger partial charge in [-0.2, -0.15) is 0 Å². The number of nitrogens with one attached hydrogen (secondary N) is 1. The van der Waals surface area contributed by atoms with Crippen molar-refractivity contribution in [1.82, 2.24) is 9.97 Å². The fraction of sp³-hybridized carbons (Fsp3) is 0.737. The van der Waals surface area contributed by atoms with E-state index in [4.69, 9.17) is 5.73 Å². The van der Waals surface area contributed by atoms with Gasteiger partial charge in [0.2, 0.25) is 5.91 Å². The van der Waals surface area contributed by atoms with Gasteiger partial charge in [0.1, 0.15) is 12.1 Å². The fourth-order valence-electron chi connectivity index (χ4n) is 6.13. The normalized spacial score (nSPS) is 33.7. The van der Waals surface area contributed by atoms with Gasteiger partial charge in [-0.3, -0.25) is 4.79 Å². The summed E-state index contributed by atoms with van der Waals surface area (Å²) in [5.74, 6) is 3.39. The largest absolute Gasteiger partial charge is 0.325 e. The standard InChI is InChI=1S/C19H28N4O/c1-2-15-16(10-20)21-11-22-18(15)23-17(24)9-19-6-12-3-13(7-19)5-14(4-12)8-19/h11-14H,2-10,20H2,1H3,(H,21,22,23,24). The average molecular weight is 328 g/mol. The maximum atomic E-state index is 12.8. The fourth-order valence-corrected chi connectivity index (χ4v) is 6.13. The Balaban J connectivity index is 1.48. The average Bonchev–Trinajstić information content (AvgIpc) is 2.52. The van der Waals surface area contributed by atoms with Crippen LogP contribution < -0.4 is 11.1 Å². The van der Waals surface area contributed by atoms with Gasteiger partial charge in [0.15, 0.2) is 0 Å². The first-order valence-corrected chi connectivity index (χ1v) is 9.43. The summed E-state index contributed by atoms with van der Waals surface area (Å²) in [6, 6.07) is 0. The second-order valence-corrected chi connectivity index (χ2v) is 8.35. The zero-order valence-corrected chi connectivity index (χ0v) is 14.6. The number of rotatable bonds is 5. The van der Waals surface area contributed by atoms with Crippen LogP contribution in [0.1, 0.15) is 63.1 Å². The molecule has 1 heterocycles. The molecule has 0 aliphatic heterocycles. The lowest BCUT2D eigenvalue weighted by atomic mass is 9.49. The van der Waals surface area contributed by atoms with Crippen LogP contribution in [0.25, 0.3) is 0 Å². The van der Waals surface area contributed by atoms with Crippen LogP contribution in [-0.4, -0.2) is 15.9 Å². The van der Waals surface area contributed by atoms with Crippen molar-refractivity contribution in [2.24, 2.45) is 28.9 Å². The van der Waals surface area contributed by atoms with E-state index in [1.54, 1.807) is 0 Å². The number of nitrogens with zero attached hydrogens (tertiary/aromatic N) is 2. The van der Waals surface area contributed by atoms with E-state index in [-0.39, 0.29) is 11.3 Å². The Bertz CT molecular complexity index is 607. The molecule has 4 aliphatic carbocycles. The Hall–Kier alpha value is -1.49. The zero-order valence-electron chi connectivity index (χ0n) is 14.6. The molecule has 5 heteroatoms. The first-order chi connectivity index (χ1) is 11.6. The van der Waals surface area contributed by atoms with E-state index in [9.17, 15) is 4.79 Å². The SMILES string of the molecule is CCc1c(CN)ncnc1NC(=O)CC12CC3CC(CC(C3)C1)C2. The number of hydrogen-bond acceptors (Lipinski definition) is 4. The van der Waals surface area contributed by atoms with Crippen LogP contribution in [-0.2, 0) is 17.8 Å². The summed E-state index contributed by atoms with van der Waals surface area (Å²) in [5.41, 5.74) is 7.82. The number of nitrogens with two attached hydrogens (primary N) is 1. The van der Waals surface area contributed by atoms with Gasteiger partial charge in [-0.05, 0) is 68.1 Å². The van der Waals surface area contributed by atoms with E-state index < -0.39 is 0 Å². The van der Waals surface area contributed by atoms with Crippen molar-refractivity contribution in [1.29, 1.82) is 0 Å². The highest BCUT2D eigenvalue weighted by atomic mass is 16.1. The Morgan fingerprint density at radius 2 is 1.83 bits per heavy atom. The molecule has 4 fully saturated rings. The summed E-state index contributed by atoms with van der Waals surface area (Å²) in [6.07, 6.45) is 10.9. The highest BCUT2D eigenvalue weighted by Crippen LogP contribution is 2.61. The van der Waals surface area contributed by atoms with Gasteiger partial charge in [-0.1, -0.05) is 6.92 Å². The van der Waals surface area contributed by atoms with Gasteiger partial charge < -0.3 is 11.1 Å². The summed E-state index contributed by atoms with van der Waals surface area (Å²) in [7, 11) is 0. The second kappa shape index (κ2) is 6.10. The van der Waals surface area contributed by atoms with E-state index >= 15 is 0 Å². The lowest BCUT2D eigenvalue weighted by Crippen LogP contribution is -2.47. The van der Waals surface area contributed by atoms with Gasteiger partial charge in [0.25, 0.3) is 0 Å². The Labute approximate surface area is 143 Å². The predicted molar refractivity (Wildman–Crippen MR) is 93.2 cm³/mol. The third-order valence-electron chi connectivity index (χ3n) is 6.54. The number of aromatic nitrogens is 2.